The van der Waals surface area contributed by atoms with Gasteiger partial charge in [-0.2, -0.15) is 0 Å². The Kier molecular flexibility index (Phi) is 3.46. The first kappa shape index (κ1) is 12.4. The highest BCUT2D eigenvalue weighted by Gasteiger charge is 2.07. The Bertz CT molecular complexity index is 686. The number of pyridine rings is 1. The molecule has 0 spiro atoms. The molecule has 0 radical (unpaired) electrons. The number of benzene rings is 1. The minimum atomic E-state index is -0.242. The van der Waals surface area contributed by atoms with Crippen LogP contribution in [-0.4, -0.2) is 15.4 Å². The zero-order valence-corrected chi connectivity index (χ0v) is 10.9. The lowest BCUT2D eigenvalue weighted by molar-refractivity contribution is -0.144. The highest BCUT2D eigenvalue weighted by molar-refractivity contribution is 5.72. The molecule has 0 atom stereocenters. The summed E-state index contributed by atoms with van der Waals surface area (Å²) in [6, 6.07) is 15.3. The Balaban J connectivity index is 1.60. The molecule has 3 aromatic rings. The Hall–Kier alpha value is -2.62. The number of aromatic nitrogens is 2. The number of hydrogen-bond donors (Lipinski definition) is 0. The summed E-state index contributed by atoms with van der Waals surface area (Å²) in [5.41, 5.74) is 2.55. The zero-order valence-electron chi connectivity index (χ0n) is 10.9. The molecule has 1 aromatic carbocycles. The maximum Gasteiger partial charge on any atom is 0.310 e. The molecule has 0 amide bonds. The number of ether oxygens (including phenoxy) is 1. The van der Waals surface area contributed by atoms with Crippen LogP contribution in [0.25, 0.3) is 5.65 Å². The van der Waals surface area contributed by atoms with E-state index in [1.807, 2.05) is 65.3 Å². The number of rotatable bonds is 4. The average molecular weight is 266 g/mol. The normalized spacial score (nSPS) is 10.6. The van der Waals surface area contributed by atoms with Crippen LogP contribution < -0.4 is 0 Å². The van der Waals surface area contributed by atoms with Gasteiger partial charge in [-0.05, 0) is 17.7 Å². The van der Waals surface area contributed by atoms with Gasteiger partial charge in [0.1, 0.15) is 12.3 Å². The smallest absolute Gasteiger partial charge is 0.310 e. The van der Waals surface area contributed by atoms with Crippen molar-refractivity contribution < 1.29 is 9.53 Å². The molecule has 20 heavy (non-hydrogen) atoms. The second kappa shape index (κ2) is 5.57. The monoisotopic (exact) mass is 266 g/mol. The maximum atomic E-state index is 11.7. The molecule has 0 N–H and O–H groups in total. The van der Waals surface area contributed by atoms with Gasteiger partial charge in [0, 0.05) is 12.4 Å². The van der Waals surface area contributed by atoms with Crippen LogP contribution in [0.2, 0.25) is 0 Å². The molecule has 0 fully saturated rings. The molecule has 0 saturated heterocycles. The standard InChI is InChI=1S/C16H14N2O2/c19-16(10-13-6-2-1-3-7-13)20-12-14-11-18-9-5-4-8-15(18)17-14/h1-9,11H,10,12H2. The Morgan fingerprint density at radius 2 is 1.90 bits per heavy atom. The topological polar surface area (TPSA) is 43.6 Å². The van der Waals surface area contributed by atoms with Crippen molar-refractivity contribution in [3.05, 3.63) is 72.2 Å². The second-order valence-electron chi connectivity index (χ2n) is 4.52. The van der Waals surface area contributed by atoms with Crippen LogP contribution in [0.4, 0.5) is 0 Å². The van der Waals surface area contributed by atoms with Crippen molar-refractivity contribution in [2.75, 3.05) is 0 Å². The van der Waals surface area contributed by atoms with Gasteiger partial charge in [-0.3, -0.25) is 4.79 Å². The number of carbonyl (C=O) groups excluding carboxylic acids is 1. The first-order valence-corrected chi connectivity index (χ1v) is 6.43. The lowest BCUT2D eigenvalue weighted by Gasteiger charge is -2.02. The molecule has 0 aliphatic heterocycles. The van der Waals surface area contributed by atoms with Gasteiger partial charge in [0.25, 0.3) is 0 Å². The van der Waals surface area contributed by atoms with E-state index in [1.54, 1.807) is 0 Å². The molecule has 4 heteroatoms. The number of imidazole rings is 1. The van der Waals surface area contributed by atoms with Crippen LogP contribution in [0, 0.1) is 0 Å². The summed E-state index contributed by atoms with van der Waals surface area (Å²) in [5, 5.41) is 0. The van der Waals surface area contributed by atoms with Gasteiger partial charge in [-0.25, -0.2) is 4.98 Å². The van der Waals surface area contributed by atoms with Gasteiger partial charge >= 0.3 is 5.97 Å². The summed E-state index contributed by atoms with van der Waals surface area (Å²) in [7, 11) is 0. The SMILES string of the molecule is O=C(Cc1ccccc1)OCc1cn2ccccc2n1. The zero-order chi connectivity index (χ0) is 13.8. The number of nitrogens with zero attached hydrogens (tertiary/aromatic N) is 2. The van der Waals surface area contributed by atoms with Crippen molar-refractivity contribution in [1.29, 1.82) is 0 Å². The van der Waals surface area contributed by atoms with E-state index < -0.39 is 0 Å². The van der Waals surface area contributed by atoms with E-state index in [1.165, 1.54) is 0 Å². The Morgan fingerprint density at radius 3 is 2.70 bits per heavy atom. The lowest BCUT2D eigenvalue weighted by atomic mass is 10.2. The summed E-state index contributed by atoms with van der Waals surface area (Å²) in [6.07, 6.45) is 4.07. The molecule has 100 valence electrons. The minimum Gasteiger partial charge on any atom is -0.459 e. The molecule has 0 bridgehead atoms. The van der Waals surface area contributed by atoms with Crippen LogP contribution >= 0.6 is 0 Å². The minimum absolute atomic E-state index is 0.202. The average Bonchev–Trinajstić information content (AvgIpc) is 2.89. The van der Waals surface area contributed by atoms with Crippen LogP contribution in [-0.2, 0) is 22.6 Å². The van der Waals surface area contributed by atoms with Gasteiger partial charge in [0.05, 0.1) is 12.1 Å². The van der Waals surface area contributed by atoms with Crippen molar-refractivity contribution in [3.8, 4) is 0 Å². The molecular formula is C16H14N2O2. The maximum absolute atomic E-state index is 11.7. The fourth-order valence-electron chi connectivity index (χ4n) is 2.02. The molecule has 3 rings (SSSR count). The van der Waals surface area contributed by atoms with Crippen LogP contribution in [0.15, 0.2) is 60.9 Å². The molecule has 0 unspecified atom stereocenters. The third-order valence-electron chi connectivity index (χ3n) is 2.99. The van der Waals surface area contributed by atoms with E-state index in [9.17, 15) is 4.79 Å². The number of carbonyl (C=O) groups is 1. The first-order valence-electron chi connectivity index (χ1n) is 6.43. The van der Waals surface area contributed by atoms with Crippen molar-refractivity contribution in [3.63, 3.8) is 0 Å². The fourth-order valence-corrected chi connectivity index (χ4v) is 2.02. The van der Waals surface area contributed by atoms with Crippen LogP contribution in [0.5, 0.6) is 0 Å². The molecule has 0 aliphatic carbocycles. The van der Waals surface area contributed by atoms with Crippen molar-refractivity contribution in [1.82, 2.24) is 9.38 Å². The van der Waals surface area contributed by atoms with Crippen molar-refractivity contribution >= 4 is 11.6 Å². The highest BCUT2D eigenvalue weighted by Crippen LogP contribution is 2.07. The molecule has 4 nitrogen and oxygen atoms in total. The molecule has 2 heterocycles. The van der Waals surface area contributed by atoms with Gasteiger partial charge in [0.15, 0.2) is 0 Å². The van der Waals surface area contributed by atoms with E-state index in [4.69, 9.17) is 4.74 Å². The van der Waals surface area contributed by atoms with Gasteiger partial charge < -0.3 is 9.14 Å². The summed E-state index contributed by atoms with van der Waals surface area (Å²) in [5.74, 6) is -0.242. The van der Waals surface area contributed by atoms with E-state index in [-0.39, 0.29) is 19.0 Å². The predicted octanol–water partition coefficient (Wildman–Crippen LogP) is 2.62. The number of hydrogen-bond acceptors (Lipinski definition) is 3. The highest BCUT2D eigenvalue weighted by atomic mass is 16.5. The molecule has 2 aromatic heterocycles. The summed E-state index contributed by atoms with van der Waals surface area (Å²) in [6.45, 7) is 0.202. The summed E-state index contributed by atoms with van der Waals surface area (Å²) < 4.78 is 7.15. The first-order chi connectivity index (χ1) is 9.81. The van der Waals surface area contributed by atoms with Gasteiger partial charge in [0.2, 0.25) is 0 Å². The fraction of sp³-hybridized carbons (Fsp3) is 0.125. The van der Waals surface area contributed by atoms with Crippen LogP contribution in [0.3, 0.4) is 0 Å². The van der Waals surface area contributed by atoms with Crippen molar-refractivity contribution in [2.45, 2.75) is 13.0 Å². The Labute approximate surface area is 116 Å². The van der Waals surface area contributed by atoms with Crippen LogP contribution in [0.1, 0.15) is 11.3 Å². The third kappa shape index (κ3) is 2.85. The summed E-state index contributed by atoms with van der Waals surface area (Å²) >= 11 is 0. The Morgan fingerprint density at radius 1 is 1.10 bits per heavy atom. The predicted molar refractivity (Wildman–Crippen MR) is 75.1 cm³/mol. The van der Waals surface area contributed by atoms with E-state index >= 15 is 0 Å². The third-order valence-corrected chi connectivity index (χ3v) is 2.99. The van der Waals surface area contributed by atoms with E-state index in [2.05, 4.69) is 4.98 Å². The number of esters is 1. The molecule has 0 aliphatic rings. The van der Waals surface area contributed by atoms with E-state index in [0.717, 1.165) is 16.9 Å². The van der Waals surface area contributed by atoms with Crippen molar-refractivity contribution in [2.24, 2.45) is 0 Å². The molecule has 0 saturated carbocycles. The lowest BCUT2D eigenvalue weighted by Crippen LogP contribution is -2.08. The second-order valence-corrected chi connectivity index (χ2v) is 4.52. The largest absolute Gasteiger partial charge is 0.459 e. The quantitative estimate of drug-likeness (QED) is 0.682. The molecular weight excluding hydrogens is 252 g/mol. The number of fused-ring (bicyclic) bond motifs is 1. The van der Waals surface area contributed by atoms with E-state index in [0.29, 0.717) is 0 Å². The van der Waals surface area contributed by atoms with Gasteiger partial charge in [-0.15, -0.1) is 0 Å². The van der Waals surface area contributed by atoms with Gasteiger partial charge in [-0.1, -0.05) is 36.4 Å². The summed E-state index contributed by atoms with van der Waals surface area (Å²) in [4.78, 5) is 16.1.